The molecule has 0 radical (unpaired) electrons. The Balaban J connectivity index is 1.58. The van der Waals surface area contributed by atoms with Crippen LogP contribution in [0.5, 0.6) is 11.5 Å². The van der Waals surface area contributed by atoms with Crippen molar-refractivity contribution in [3.05, 3.63) is 71.8 Å². The van der Waals surface area contributed by atoms with Crippen LogP contribution >= 0.6 is 0 Å². The van der Waals surface area contributed by atoms with Crippen molar-refractivity contribution in [2.24, 2.45) is 5.10 Å². The molecule has 10 nitrogen and oxygen atoms in total. The fourth-order valence-corrected chi connectivity index (χ4v) is 3.19. The molecule has 0 unspecified atom stereocenters. The highest BCUT2D eigenvalue weighted by Gasteiger charge is 2.25. The number of ether oxygens (including phenoxy) is 3. The molecule has 4 rings (SSSR count). The number of imidazole rings is 1. The van der Waals surface area contributed by atoms with Crippen molar-refractivity contribution in [2.75, 3.05) is 26.1 Å². The maximum Gasteiger partial charge on any atom is 0.431 e. The molecule has 0 aliphatic carbocycles. The number of rotatable bonds is 7. The minimum Gasteiger partial charge on any atom is -0.493 e. The molecule has 2 aromatic carbocycles. The Morgan fingerprint density at radius 2 is 2.00 bits per heavy atom. The van der Waals surface area contributed by atoms with Gasteiger partial charge in [-0.1, -0.05) is 18.2 Å². The number of benzene rings is 2. The van der Waals surface area contributed by atoms with Crippen molar-refractivity contribution in [3.63, 3.8) is 0 Å². The summed E-state index contributed by atoms with van der Waals surface area (Å²) < 4.78 is 15.9. The Morgan fingerprint density at radius 1 is 1.19 bits per heavy atom. The van der Waals surface area contributed by atoms with Crippen LogP contribution in [0.25, 0.3) is 0 Å². The number of carbonyl (C=O) groups excluding carboxylic acids is 2. The average Bonchev–Trinajstić information content (AvgIpc) is 3.36. The Hall–Kier alpha value is -4.34. The molecule has 10 heteroatoms. The van der Waals surface area contributed by atoms with Gasteiger partial charge in [0.2, 0.25) is 0 Å². The smallest absolute Gasteiger partial charge is 0.431 e. The topological polar surface area (TPSA) is 118 Å². The lowest BCUT2D eigenvalue weighted by molar-refractivity contribution is 0.102. The molecule has 0 atom stereocenters. The van der Waals surface area contributed by atoms with Crippen molar-refractivity contribution >= 4 is 23.4 Å². The number of amides is 2. The lowest BCUT2D eigenvalue weighted by Crippen LogP contribution is -2.35. The molecular formula is C22H21N5O5. The summed E-state index contributed by atoms with van der Waals surface area (Å²) >= 11 is 0. The molecule has 0 fully saturated rings. The number of hydrogen-bond acceptors (Lipinski definition) is 7. The lowest BCUT2D eigenvalue weighted by Gasteiger charge is -2.24. The molecule has 0 saturated heterocycles. The molecule has 1 aromatic heterocycles. The van der Waals surface area contributed by atoms with Crippen molar-refractivity contribution in [2.45, 2.75) is 6.54 Å². The number of H-pyrrole nitrogens is 1. The molecule has 1 aliphatic rings. The fraction of sp³-hybridized carbons (Fsp3) is 0.182. The van der Waals surface area contributed by atoms with Crippen LogP contribution in [0.3, 0.4) is 0 Å². The number of carbonyl (C=O) groups is 2. The first kappa shape index (κ1) is 20.9. The minimum atomic E-state index is -0.580. The SMILES string of the molecule is COc1ccc(C2=NN(Cc3ccccc3NC(=O)c3cnc[nH]3)C(=O)OC2)cc1OC. The van der Waals surface area contributed by atoms with Gasteiger partial charge in [0.1, 0.15) is 18.0 Å². The molecule has 1 aliphatic heterocycles. The van der Waals surface area contributed by atoms with Gasteiger partial charge in [-0.2, -0.15) is 10.1 Å². The Bertz CT molecular complexity index is 1160. The number of aromatic nitrogens is 2. The summed E-state index contributed by atoms with van der Waals surface area (Å²) in [6.07, 6.45) is 2.28. The van der Waals surface area contributed by atoms with Crippen molar-refractivity contribution in [1.29, 1.82) is 0 Å². The summed E-state index contributed by atoms with van der Waals surface area (Å²) in [7, 11) is 3.10. The Kier molecular flexibility index (Phi) is 6.02. The van der Waals surface area contributed by atoms with E-state index in [-0.39, 0.29) is 19.1 Å². The summed E-state index contributed by atoms with van der Waals surface area (Å²) in [5.41, 5.74) is 2.86. The minimum absolute atomic E-state index is 0.0308. The number of nitrogens with zero attached hydrogens (tertiary/aromatic N) is 3. The average molecular weight is 435 g/mol. The van der Waals surface area contributed by atoms with Gasteiger partial charge in [-0.25, -0.2) is 9.78 Å². The van der Waals surface area contributed by atoms with E-state index in [4.69, 9.17) is 14.2 Å². The summed E-state index contributed by atoms with van der Waals surface area (Å²) in [4.78, 5) is 31.4. The van der Waals surface area contributed by atoms with Gasteiger partial charge in [0.25, 0.3) is 5.91 Å². The first-order valence-corrected chi connectivity index (χ1v) is 9.71. The van der Waals surface area contributed by atoms with E-state index in [1.807, 2.05) is 12.1 Å². The third kappa shape index (κ3) is 4.38. The number of para-hydroxylation sites is 1. The first-order valence-electron chi connectivity index (χ1n) is 9.71. The van der Waals surface area contributed by atoms with Gasteiger partial charge >= 0.3 is 6.09 Å². The van der Waals surface area contributed by atoms with Crippen LogP contribution in [0.4, 0.5) is 10.5 Å². The van der Waals surface area contributed by atoms with E-state index in [0.717, 1.165) is 5.56 Å². The number of anilines is 1. The largest absolute Gasteiger partial charge is 0.493 e. The molecule has 2 N–H and O–H groups in total. The predicted molar refractivity (Wildman–Crippen MR) is 116 cm³/mol. The summed E-state index contributed by atoms with van der Waals surface area (Å²) in [6, 6.07) is 12.5. The van der Waals surface area contributed by atoms with Crippen molar-refractivity contribution in [1.82, 2.24) is 15.0 Å². The molecule has 0 spiro atoms. The lowest BCUT2D eigenvalue weighted by atomic mass is 10.1. The molecular weight excluding hydrogens is 414 g/mol. The van der Waals surface area contributed by atoms with Gasteiger partial charge in [-0.3, -0.25) is 4.79 Å². The van der Waals surface area contributed by atoms with Gasteiger partial charge in [-0.15, -0.1) is 0 Å². The standard InChI is InChI=1S/C22H21N5O5/c1-30-19-8-7-14(9-20(19)31-2)18-12-32-22(29)27(26-18)11-15-5-3-4-6-16(15)25-21(28)17-10-23-13-24-17/h3-10,13H,11-12H2,1-2H3,(H,23,24)(H,25,28). The van der Waals surface area contributed by atoms with Crippen molar-refractivity contribution < 1.29 is 23.8 Å². The zero-order chi connectivity index (χ0) is 22.5. The van der Waals surface area contributed by atoms with Gasteiger partial charge in [0, 0.05) is 11.3 Å². The van der Waals surface area contributed by atoms with Gasteiger partial charge in [-0.05, 0) is 29.8 Å². The highest BCUT2D eigenvalue weighted by atomic mass is 16.6. The van der Waals surface area contributed by atoms with E-state index in [1.54, 1.807) is 44.6 Å². The second-order valence-electron chi connectivity index (χ2n) is 6.81. The number of hydrogen-bond donors (Lipinski definition) is 2. The molecule has 0 bridgehead atoms. The molecule has 32 heavy (non-hydrogen) atoms. The first-order chi connectivity index (χ1) is 15.6. The molecule has 3 aromatic rings. The third-order valence-corrected chi connectivity index (χ3v) is 4.83. The van der Waals surface area contributed by atoms with Crippen LogP contribution in [0, 0.1) is 0 Å². The molecule has 164 valence electrons. The van der Waals surface area contributed by atoms with E-state index in [2.05, 4.69) is 20.4 Å². The normalized spacial score (nSPS) is 13.2. The second kappa shape index (κ2) is 9.21. The van der Waals surface area contributed by atoms with Crippen LogP contribution in [0.15, 0.2) is 60.1 Å². The van der Waals surface area contributed by atoms with E-state index >= 15 is 0 Å². The number of methoxy groups -OCH3 is 2. The number of aromatic amines is 1. The van der Waals surface area contributed by atoms with Gasteiger partial charge < -0.3 is 24.5 Å². The van der Waals surface area contributed by atoms with E-state index in [9.17, 15) is 9.59 Å². The second-order valence-corrected chi connectivity index (χ2v) is 6.81. The van der Waals surface area contributed by atoms with Crippen LogP contribution < -0.4 is 14.8 Å². The highest BCUT2D eigenvalue weighted by molar-refractivity contribution is 6.04. The van der Waals surface area contributed by atoms with Gasteiger partial charge in [0.15, 0.2) is 11.5 Å². The van der Waals surface area contributed by atoms with Crippen LogP contribution in [-0.4, -0.2) is 53.5 Å². The van der Waals surface area contributed by atoms with Crippen molar-refractivity contribution in [3.8, 4) is 11.5 Å². The van der Waals surface area contributed by atoms with E-state index < -0.39 is 6.09 Å². The summed E-state index contributed by atoms with van der Waals surface area (Å²) in [5, 5.41) is 8.52. The third-order valence-electron chi connectivity index (χ3n) is 4.83. The highest BCUT2D eigenvalue weighted by Crippen LogP contribution is 2.29. The van der Waals surface area contributed by atoms with Gasteiger partial charge in [0.05, 0.1) is 33.3 Å². The number of hydrazone groups is 1. The fourth-order valence-electron chi connectivity index (χ4n) is 3.19. The number of cyclic esters (lactones) is 1. The number of nitrogens with one attached hydrogen (secondary N) is 2. The zero-order valence-corrected chi connectivity index (χ0v) is 17.5. The summed E-state index contributed by atoms with van der Waals surface area (Å²) in [6.45, 7) is 0.137. The molecule has 2 heterocycles. The van der Waals surface area contributed by atoms with E-state index in [1.165, 1.54) is 17.5 Å². The maximum atomic E-state index is 12.4. The maximum absolute atomic E-state index is 12.4. The quantitative estimate of drug-likeness (QED) is 0.589. The monoisotopic (exact) mass is 435 g/mol. The zero-order valence-electron chi connectivity index (χ0n) is 17.5. The summed E-state index contributed by atoms with van der Waals surface area (Å²) in [5.74, 6) is 0.789. The van der Waals surface area contributed by atoms with Crippen LogP contribution in [0.1, 0.15) is 21.6 Å². The Morgan fingerprint density at radius 3 is 2.75 bits per heavy atom. The van der Waals surface area contributed by atoms with Crippen LogP contribution in [-0.2, 0) is 11.3 Å². The Labute approximate surface area is 183 Å². The molecule has 0 saturated carbocycles. The molecule has 2 amide bonds. The predicted octanol–water partition coefficient (Wildman–Crippen LogP) is 3.04. The van der Waals surface area contributed by atoms with E-state index in [0.29, 0.717) is 34.2 Å². The van der Waals surface area contributed by atoms with Crippen LogP contribution in [0.2, 0.25) is 0 Å².